The lowest BCUT2D eigenvalue weighted by molar-refractivity contribution is -0.113. The average molecular weight is 588 g/mol. The van der Waals surface area contributed by atoms with Crippen molar-refractivity contribution in [3.05, 3.63) is 85.9 Å². The van der Waals surface area contributed by atoms with Crippen LogP contribution >= 0.6 is 34.2 Å². The van der Waals surface area contributed by atoms with E-state index in [1.807, 2.05) is 78.6 Å². The van der Waals surface area contributed by atoms with Gasteiger partial charge in [-0.1, -0.05) is 55.8 Å². The maximum Gasteiger partial charge on any atom is 0.259 e. The summed E-state index contributed by atoms with van der Waals surface area (Å²) in [5.74, 6) is 1.74. The number of amides is 1. The van der Waals surface area contributed by atoms with Gasteiger partial charge in [-0.05, 0) is 83.0 Å². The number of carbonyl (C=O) groups is 1. The second-order valence-corrected chi connectivity index (χ2v) is 10.2. The van der Waals surface area contributed by atoms with E-state index in [9.17, 15) is 4.79 Å². The topological polar surface area (TPSA) is 38.8 Å². The van der Waals surface area contributed by atoms with Crippen molar-refractivity contribution in [3.8, 4) is 11.5 Å². The molecular formula is C28H27ClINO3. The molecule has 0 saturated heterocycles. The van der Waals surface area contributed by atoms with Gasteiger partial charge in [-0.15, -0.1) is 0 Å². The van der Waals surface area contributed by atoms with E-state index in [1.54, 1.807) is 0 Å². The molecule has 0 saturated carbocycles. The highest BCUT2D eigenvalue weighted by Gasteiger charge is 2.32. The van der Waals surface area contributed by atoms with Gasteiger partial charge >= 0.3 is 0 Å². The third kappa shape index (κ3) is 5.41. The first kappa shape index (κ1) is 24.6. The van der Waals surface area contributed by atoms with Crippen LogP contribution in [0.1, 0.15) is 37.5 Å². The van der Waals surface area contributed by atoms with Crippen LogP contribution in [0.2, 0.25) is 5.02 Å². The van der Waals surface area contributed by atoms with Crippen LogP contribution in [-0.4, -0.2) is 19.1 Å². The molecule has 0 fully saturated rings. The van der Waals surface area contributed by atoms with Gasteiger partial charge in [-0.25, -0.2) is 0 Å². The summed E-state index contributed by atoms with van der Waals surface area (Å²) in [5, 5.41) is 0.677. The number of ether oxygens (including phenoxy) is 2. The lowest BCUT2D eigenvalue weighted by Crippen LogP contribution is -2.30. The van der Waals surface area contributed by atoms with E-state index in [2.05, 4.69) is 36.4 Å². The second kappa shape index (κ2) is 10.8. The summed E-state index contributed by atoms with van der Waals surface area (Å²) in [6, 6.07) is 19.5. The van der Waals surface area contributed by atoms with Crippen LogP contribution in [0.3, 0.4) is 0 Å². The Kier molecular flexibility index (Phi) is 7.84. The molecule has 1 amide bonds. The van der Waals surface area contributed by atoms with E-state index in [0.29, 0.717) is 47.8 Å². The Hall–Kier alpha value is -2.51. The molecule has 1 heterocycles. The zero-order valence-electron chi connectivity index (χ0n) is 19.5. The normalized spacial score (nSPS) is 14.1. The van der Waals surface area contributed by atoms with Gasteiger partial charge in [0.2, 0.25) is 0 Å². The summed E-state index contributed by atoms with van der Waals surface area (Å²) in [7, 11) is 0. The molecular weight excluding hydrogens is 561 g/mol. The Labute approximate surface area is 219 Å². The minimum absolute atomic E-state index is 0.0316. The van der Waals surface area contributed by atoms with Crippen molar-refractivity contribution in [2.24, 2.45) is 5.92 Å². The van der Waals surface area contributed by atoms with E-state index >= 15 is 0 Å². The number of anilines is 1. The summed E-state index contributed by atoms with van der Waals surface area (Å²) in [6.07, 6.45) is 1.95. The second-order valence-electron chi connectivity index (χ2n) is 8.57. The molecule has 176 valence electrons. The molecule has 0 atom stereocenters. The standard InChI is InChI=1S/C28H27ClINO3/c1-4-33-26-15-20(14-24(30)27(26)34-17-19-8-7-9-21(29)12-19)13-23-22-10-5-6-11-25(22)31(28(23)32)16-18(2)3/h5-15,18H,4,16-17H2,1-3H3/b23-13-. The minimum Gasteiger partial charge on any atom is -0.490 e. The van der Waals surface area contributed by atoms with Gasteiger partial charge in [-0.2, -0.15) is 0 Å². The van der Waals surface area contributed by atoms with E-state index in [-0.39, 0.29) is 5.91 Å². The van der Waals surface area contributed by atoms with Gasteiger partial charge in [0.05, 0.1) is 15.9 Å². The van der Waals surface area contributed by atoms with Crippen LogP contribution in [-0.2, 0) is 11.4 Å². The van der Waals surface area contributed by atoms with Crippen molar-refractivity contribution in [3.63, 3.8) is 0 Å². The number of rotatable bonds is 8. The Balaban J connectivity index is 1.68. The molecule has 1 aliphatic heterocycles. The van der Waals surface area contributed by atoms with Crippen molar-refractivity contribution in [2.75, 3.05) is 18.1 Å². The molecule has 3 aromatic rings. The molecule has 0 aromatic heterocycles. The number of hydrogen-bond donors (Lipinski definition) is 0. The maximum atomic E-state index is 13.3. The first-order chi connectivity index (χ1) is 16.4. The molecule has 0 bridgehead atoms. The number of para-hydroxylation sites is 1. The van der Waals surface area contributed by atoms with E-state index < -0.39 is 0 Å². The molecule has 0 radical (unpaired) electrons. The Morgan fingerprint density at radius 1 is 1.06 bits per heavy atom. The van der Waals surface area contributed by atoms with Gasteiger partial charge in [0.25, 0.3) is 5.91 Å². The fourth-order valence-corrected chi connectivity index (χ4v) is 5.01. The van der Waals surface area contributed by atoms with Crippen molar-refractivity contribution in [1.82, 2.24) is 0 Å². The number of nitrogens with zero attached hydrogens (tertiary/aromatic N) is 1. The highest BCUT2D eigenvalue weighted by atomic mass is 127. The fourth-order valence-electron chi connectivity index (χ4n) is 4.02. The SMILES string of the molecule is CCOc1cc(/C=C2\C(=O)N(CC(C)C)c3ccccc32)cc(I)c1OCc1cccc(Cl)c1. The van der Waals surface area contributed by atoms with Crippen LogP contribution in [0.15, 0.2) is 60.7 Å². The molecule has 0 N–H and O–H groups in total. The molecule has 0 aliphatic carbocycles. The van der Waals surface area contributed by atoms with Crippen molar-refractivity contribution in [2.45, 2.75) is 27.4 Å². The number of halogens is 2. The number of hydrogen-bond acceptors (Lipinski definition) is 3. The molecule has 1 aliphatic rings. The third-order valence-corrected chi connectivity index (χ3v) is 6.46. The van der Waals surface area contributed by atoms with Gasteiger partial charge in [0.15, 0.2) is 11.5 Å². The van der Waals surface area contributed by atoms with E-state index in [0.717, 1.165) is 25.9 Å². The van der Waals surface area contributed by atoms with Crippen LogP contribution < -0.4 is 14.4 Å². The van der Waals surface area contributed by atoms with Crippen LogP contribution in [0.4, 0.5) is 5.69 Å². The summed E-state index contributed by atoms with van der Waals surface area (Å²) in [4.78, 5) is 15.2. The van der Waals surface area contributed by atoms with Crippen molar-refractivity contribution < 1.29 is 14.3 Å². The Bertz CT molecular complexity index is 1240. The van der Waals surface area contributed by atoms with Crippen molar-refractivity contribution >= 4 is 57.4 Å². The zero-order chi connectivity index (χ0) is 24.2. The Morgan fingerprint density at radius 3 is 2.59 bits per heavy atom. The molecule has 0 unspecified atom stereocenters. The molecule has 6 heteroatoms. The highest BCUT2D eigenvalue weighted by Crippen LogP contribution is 2.40. The minimum atomic E-state index is 0.0316. The number of carbonyl (C=O) groups excluding carboxylic acids is 1. The predicted octanol–water partition coefficient (Wildman–Crippen LogP) is 7.47. The Morgan fingerprint density at radius 2 is 1.85 bits per heavy atom. The van der Waals surface area contributed by atoms with Gasteiger partial charge in [0.1, 0.15) is 6.61 Å². The van der Waals surface area contributed by atoms with Crippen LogP contribution in [0.25, 0.3) is 11.6 Å². The van der Waals surface area contributed by atoms with Gasteiger partial charge in [-0.3, -0.25) is 4.79 Å². The zero-order valence-corrected chi connectivity index (χ0v) is 22.4. The van der Waals surface area contributed by atoms with Gasteiger partial charge < -0.3 is 14.4 Å². The molecule has 4 nitrogen and oxygen atoms in total. The van der Waals surface area contributed by atoms with Crippen molar-refractivity contribution in [1.29, 1.82) is 0 Å². The smallest absolute Gasteiger partial charge is 0.259 e. The monoisotopic (exact) mass is 587 g/mol. The lowest BCUT2D eigenvalue weighted by Gasteiger charge is -2.19. The number of benzene rings is 3. The van der Waals surface area contributed by atoms with Crippen LogP contribution in [0.5, 0.6) is 11.5 Å². The summed E-state index contributed by atoms with van der Waals surface area (Å²) >= 11 is 8.36. The third-order valence-electron chi connectivity index (χ3n) is 5.42. The molecule has 4 rings (SSSR count). The summed E-state index contributed by atoms with van der Waals surface area (Å²) in [6.45, 7) is 7.76. The van der Waals surface area contributed by atoms with E-state index in [4.69, 9.17) is 21.1 Å². The van der Waals surface area contributed by atoms with Gasteiger partial charge in [0, 0.05) is 22.7 Å². The summed E-state index contributed by atoms with van der Waals surface area (Å²) < 4.78 is 13.0. The maximum absolute atomic E-state index is 13.3. The summed E-state index contributed by atoms with van der Waals surface area (Å²) in [5.41, 5.74) is 4.50. The quantitative estimate of drug-likeness (QED) is 0.203. The molecule has 34 heavy (non-hydrogen) atoms. The first-order valence-corrected chi connectivity index (χ1v) is 12.8. The highest BCUT2D eigenvalue weighted by molar-refractivity contribution is 14.1. The number of fused-ring (bicyclic) bond motifs is 1. The fraction of sp³-hybridized carbons (Fsp3) is 0.250. The lowest BCUT2D eigenvalue weighted by atomic mass is 10.0. The largest absolute Gasteiger partial charge is 0.490 e. The average Bonchev–Trinajstić information content (AvgIpc) is 3.04. The molecule has 3 aromatic carbocycles. The predicted molar refractivity (Wildman–Crippen MR) is 148 cm³/mol. The van der Waals surface area contributed by atoms with Crippen LogP contribution in [0, 0.1) is 9.49 Å². The first-order valence-electron chi connectivity index (χ1n) is 11.3. The van der Waals surface area contributed by atoms with E-state index in [1.165, 1.54) is 0 Å². The molecule has 0 spiro atoms.